The van der Waals surface area contributed by atoms with Crippen molar-refractivity contribution in [3.8, 4) is 5.75 Å². The lowest BCUT2D eigenvalue weighted by atomic mass is 9.97. The van der Waals surface area contributed by atoms with Crippen LogP contribution in [-0.4, -0.2) is 55.9 Å². The molecule has 0 saturated carbocycles. The van der Waals surface area contributed by atoms with Crippen molar-refractivity contribution in [3.63, 3.8) is 0 Å². The number of nitrogens with zero attached hydrogens (tertiary/aromatic N) is 1. The van der Waals surface area contributed by atoms with Crippen LogP contribution in [0.5, 0.6) is 5.75 Å². The zero-order chi connectivity index (χ0) is 25.2. The number of carbonyl (C=O) groups is 3. The molecule has 1 atom stereocenters. The summed E-state index contributed by atoms with van der Waals surface area (Å²) in [5.74, 6) is 0.774. The van der Waals surface area contributed by atoms with Crippen LogP contribution in [0.1, 0.15) is 43.5 Å². The van der Waals surface area contributed by atoms with Crippen molar-refractivity contribution in [3.05, 3.63) is 54.1 Å². The second-order valence-electron chi connectivity index (χ2n) is 9.24. The third kappa shape index (κ3) is 8.10. The Labute approximate surface area is 207 Å². The first-order valence-corrected chi connectivity index (χ1v) is 12.2. The van der Waals surface area contributed by atoms with Gasteiger partial charge in [-0.2, -0.15) is 0 Å². The Morgan fingerprint density at radius 3 is 2.51 bits per heavy atom. The lowest BCUT2D eigenvalue weighted by Crippen LogP contribution is -2.42. The molecule has 2 aromatic rings. The number of methoxy groups -OCH3 is 1. The van der Waals surface area contributed by atoms with Crippen LogP contribution in [0.3, 0.4) is 0 Å². The van der Waals surface area contributed by atoms with Crippen LogP contribution >= 0.6 is 0 Å². The average Bonchev–Trinajstić information content (AvgIpc) is 2.87. The van der Waals surface area contributed by atoms with Gasteiger partial charge in [-0.05, 0) is 61.7 Å². The molecule has 1 aliphatic heterocycles. The number of carbonyl (C=O) groups excluding carboxylic acids is 3. The van der Waals surface area contributed by atoms with Gasteiger partial charge in [0, 0.05) is 43.2 Å². The molecule has 3 amide bonds. The molecule has 0 aromatic heterocycles. The Morgan fingerprint density at radius 2 is 1.80 bits per heavy atom. The van der Waals surface area contributed by atoms with Crippen LogP contribution in [0.2, 0.25) is 0 Å². The van der Waals surface area contributed by atoms with Gasteiger partial charge in [0.1, 0.15) is 5.75 Å². The number of piperidine rings is 1. The van der Waals surface area contributed by atoms with Crippen LogP contribution in [-0.2, 0) is 9.59 Å². The summed E-state index contributed by atoms with van der Waals surface area (Å²) < 4.78 is 5.27. The van der Waals surface area contributed by atoms with Gasteiger partial charge in [-0.1, -0.05) is 26.0 Å². The van der Waals surface area contributed by atoms with Crippen molar-refractivity contribution in [2.45, 2.75) is 33.1 Å². The van der Waals surface area contributed by atoms with Gasteiger partial charge >= 0.3 is 0 Å². The maximum Gasteiger partial charge on any atom is 0.255 e. The van der Waals surface area contributed by atoms with E-state index in [1.54, 1.807) is 43.5 Å². The molecule has 8 nitrogen and oxygen atoms in total. The van der Waals surface area contributed by atoms with Crippen LogP contribution in [0.15, 0.2) is 48.5 Å². The van der Waals surface area contributed by atoms with Crippen LogP contribution < -0.4 is 20.7 Å². The van der Waals surface area contributed by atoms with Crippen molar-refractivity contribution in [2.24, 2.45) is 11.8 Å². The highest BCUT2D eigenvalue weighted by atomic mass is 16.5. The highest BCUT2D eigenvalue weighted by Crippen LogP contribution is 2.24. The molecular weight excluding hydrogens is 444 g/mol. The summed E-state index contributed by atoms with van der Waals surface area (Å²) in [6.45, 7) is 7.02. The summed E-state index contributed by atoms with van der Waals surface area (Å²) in [5, 5.41) is 8.77. The minimum Gasteiger partial charge on any atom is -0.495 e. The number of nitrogens with one attached hydrogen (secondary N) is 3. The van der Waals surface area contributed by atoms with Gasteiger partial charge in [-0.15, -0.1) is 0 Å². The van der Waals surface area contributed by atoms with E-state index in [2.05, 4.69) is 20.9 Å². The third-order valence-corrected chi connectivity index (χ3v) is 6.13. The van der Waals surface area contributed by atoms with E-state index in [9.17, 15) is 14.4 Å². The monoisotopic (exact) mass is 480 g/mol. The first-order chi connectivity index (χ1) is 16.9. The molecule has 188 valence electrons. The number of hydrogen-bond donors (Lipinski definition) is 3. The standard InChI is InChI=1S/C27H36N4O4/c1-19(2)26(33)28-17-20-7-6-15-31(18-20)16-14-25(32)29-22-12-10-21(11-13-22)27(34)30-23-8-4-5-9-24(23)35-3/h4-5,8-13,19-20H,6-7,14-18H2,1-3H3,(H,28,33)(H,29,32)(H,30,34). The minimum atomic E-state index is -0.253. The quantitative estimate of drug-likeness (QED) is 0.481. The fraction of sp³-hybridized carbons (Fsp3) is 0.444. The molecule has 1 aliphatic rings. The Bertz CT molecular complexity index is 1010. The number of rotatable bonds is 10. The van der Waals surface area contributed by atoms with Crippen molar-refractivity contribution in [2.75, 3.05) is 43.9 Å². The Hall–Kier alpha value is -3.39. The largest absolute Gasteiger partial charge is 0.495 e. The summed E-state index contributed by atoms with van der Waals surface area (Å²) in [5.41, 5.74) is 1.73. The van der Waals surface area contributed by atoms with Gasteiger partial charge in [-0.25, -0.2) is 0 Å². The van der Waals surface area contributed by atoms with E-state index in [1.165, 1.54) is 0 Å². The first-order valence-electron chi connectivity index (χ1n) is 12.2. The highest BCUT2D eigenvalue weighted by molar-refractivity contribution is 6.05. The molecule has 1 fully saturated rings. The van der Waals surface area contributed by atoms with E-state index in [0.717, 1.165) is 25.9 Å². The van der Waals surface area contributed by atoms with E-state index < -0.39 is 0 Å². The zero-order valence-corrected chi connectivity index (χ0v) is 20.8. The van der Waals surface area contributed by atoms with Crippen molar-refractivity contribution in [1.29, 1.82) is 0 Å². The molecule has 0 spiro atoms. The van der Waals surface area contributed by atoms with Crippen LogP contribution in [0.4, 0.5) is 11.4 Å². The van der Waals surface area contributed by atoms with Crippen molar-refractivity contribution in [1.82, 2.24) is 10.2 Å². The number of ether oxygens (including phenoxy) is 1. The fourth-order valence-electron chi connectivity index (χ4n) is 4.10. The summed E-state index contributed by atoms with van der Waals surface area (Å²) >= 11 is 0. The molecule has 3 N–H and O–H groups in total. The average molecular weight is 481 g/mol. The summed E-state index contributed by atoms with van der Waals surface area (Å²) in [7, 11) is 1.55. The normalized spacial score (nSPS) is 15.9. The maximum atomic E-state index is 12.6. The molecule has 0 aliphatic carbocycles. The second kappa shape index (κ2) is 12.9. The number of likely N-dealkylation sites (tertiary alicyclic amines) is 1. The zero-order valence-electron chi connectivity index (χ0n) is 20.8. The van der Waals surface area contributed by atoms with Crippen molar-refractivity contribution >= 4 is 29.1 Å². The topological polar surface area (TPSA) is 99.8 Å². The lowest BCUT2D eigenvalue weighted by Gasteiger charge is -2.32. The van der Waals surface area contributed by atoms with E-state index >= 15 is 0 Å². The number of hydrogen-bond acceptors (Lipinski definition) is 5. The number of para-hydroxylation sites is 2. The van der Waals surface area contributed by atoms with Gasteiger partial charge in [0.15, 0.2) is 0 Å². The molecule has 0 bridgehead atoms. The van der Waals surface area contributed by atoms with Gasteiger partial charge in [-0.3, -0.25) is 14.4 Å². The number of amides is 3. The van der Waals surface area contributed by atoms with Gasteiger partial charge in [0.25, 0.3) is 5.91 Å². The smallest absolute Gasteiger partial charge is 0.255 e. The number of anilines is 2. The van der Waals surface area contributed by atoms with E-state index in [0.29, 0.717) is 48.1 Å². The first kappa shape index (κ1) is 26.2. The van der Waals surface area contributed by atoms with Gasteiger partial charge in [0.05, 0.1) is 12.8 Å². The summed E-state index contributed by atoms with van der Waals surface area (Å²) in [6, 6.07) is 14.0. The predicted octanol–water partition coefficient (Wildman–Crippen LogP) is 3.76. The predicted molar refractivity (Wildman–Crippen MR) is 138 cm³/mol. The maximum absolute atomic E-state index is 12.6. The molecular formula is C27H36N4O4. The van der Waals surface area contributed by atoms with Gasteiger partial charge < -0.3 is 25.6 Å². The molecule has 35 heavy (non-hydrogen) atoms. The molecule has 1 saturated heterocycles. The highest BCUT2D eigenvalue weighted by Gasteiger charge is 2.21. The summed E-state index contributed by atoms with van der Waals surface area (Å²) in [6.07, 6.45) is 2.56. The summed E-state index contributed by atoms with van der Waals surface area (Å²) in [4.78, 5) is 39.1. The molecule has 8 heteroatoms. The SMILES string of the molecule is COc1ccccc1NC(=O)c1ccc(NC(=O)CCN2CCCC(CNC(=O)C(C)C)C2)cc1. The Balaban J connectivity index is 1.43. The Morgan fingerprint density at radius 1 is 1.06 bits per heavy atom. The fourth-order valence-corrected chi connectivity index (χ4v) is 4.10. The minimum absolute atomic E-state index is 0.00536. The molecule has 0 radical (unpaired) electrons. The van der Waals surface area contributed by atoms with E-state index in [1.807, 2.05) is 26.0 Å². The molecule has 2 aromatic carbocycles. The van der Waals surface area contributed by atoms with Crippen LogP contribution in [0.25, 0.3) is 0 Å². The molecule has 3 rings (SSSR count). The molecule has 1 heterocycles. The van der Waals surface area contributed by atoms with E-state index in [4.69, 9.17) is 4.74 Å². The van der Waals surface area contributed by atoms with Crippen LogP contribution in [0, 0.1) is 11.8 Å². The third-order valence-electron chi connectivity index (χ3n) is 6.13. The number of benzene rings is 2. The Kier molecular flexibility index (Phi) is 9.66. The second-order valence-corrected chi connectivity index (χ2v) is 9.24. The molecule has 1 unspecified atom stereocenters. The van der Waals surface area contributed by atoms with Crippen molar-refractivity contribution < 1.29 is 19.1 Å². The van der Waals surface area contributed by atoms with Gasteiger partial charge in [0.2, 0.25) is 11.8 Å². The lowest BCUT2D eigenvalue weighted by molar-refractivity contribution is -0.124. The van der Waals surface area contributed by atoms with E-state index in [-0.39, 0.29) is 23.6 Å².